The first-order valence-corrected chi connectivity index (χ1v) is 6.67. The molecule has 1 N–H and O–H groups in total. The van der Waals surface area contributed by atoms with Gasteiger partial charge in [-0.1, -0.05) is 0 Å². The van der Waals surface area contributed by atoms with Crippen molar-refractivity contribution in [2.45, 2.75) is 18.9 Å². The van der Waals surface area contributed by atoms with Crippen LogP contribution in [0.2, 0.25) is 0 Å². The van der Waals surface area contributed by atoms with Crippen molar-refractivity contribution in [3.05, 3.63) is 53.3 Å². The van der Waals surface area contributed by atoms with E-state index in [2.05, 4.69) is 9.97 Å². The van der Waals surface area contributed by atoms with E-state index in [4.69, 9.17) is 0 Å². The molecule has 0 saturated heterocycles. The maximum absolute atomic E-state index is 13.2. The van der Waals surface area contributed by atoms with E-state index < -0.39 is 11.4 Å². The van der Waals surface area contributed by atoms with Gasteiger partial charge in [0.05, 0.1) is 17.5 Å². The number of rotatable bonds is 3. The van der Waals surface area contributed by atoms with Crippen LogP contribution in [0.25, 0.3) is 4.96 Å². The van der Waals surface area contributed by atoms with E-state index >= 15 is 0 Å². The minimum absolute atomic E-state index is 0.312. The van der Waals surface area contributed by atoms with Crippen molar-refractivity contribution < 1.29 is 9.50 Å². The average molecular weight is 277 g/mol. The first-order valence-electron chi connectivity index (χ1n) is 5.79. The SMILES string of the molecule is CC(O)(Cc1cn2ccsc2n1)c1cncc(F)c1. The first kappa shape index (κ1) is 12.3. The maximum Gasteiger partial charge on any atom is 0.193 e. The zero-order chi connectivity index (χ0) is 13.5. The minimum atomic E-state index is -1.20. The largest absolute Gasteiger partial charge is 0.385 e. The van der Waals surface area contributed by atoms with Crippen LogP contribution in [-0.4, -0.2) is 19.5 Å². The Hall–Kier alpha value is -1.79. The highest BCUT2D eigenvalue weighted by Gasteiger charge is 2.26. The van der Waals surface area contributed by atoms with Crippen LogP contribution in [0, 0.1) is 5.82 Å². The van der Waals surface area contributed by atoms with Crippen molar-refractivity contribution in [1.82, 2.24) is 14.4 Å². The van der Waals surface area contributed by atoms with Crippen LogP contribution in [0.4, 0.5) is 4.39 Å². The molecule has 0 spiro atoms. The molecule has 1 unspecified atom stereocenters. The van der Waals surface area contributed by atoms with Crippen molar-refractivity contribution in [3.8, 4) is 0 Å². The van der Waals surface area contributed by atoms with Gasteiger partial charge in [0.15, 0.2) is 4.96 Å². The van der Waals surface area contributed by atoms with Gasteiger partial charge in [0.25, 0.3) is 0 Å². The molecular weight excluding hydrogens is 265 g/mol. The first-order chi connectivity index (χ1) is 9.04. The summed E-state index contributed by atoms with van der Waals surface area (Å²) >= 11 is 1.53. The highest BCUT2D eigenvalue weighted by molar-refractivity contribution is 7.15. The van der Waals surface area contributed by atoms with Crippen molar-refractivity contribution in [2.24, 2.45) is 0 Å². The lowest BCUT2D eigenvalue weighted by molar-refractivity contribution is 0.0560. The highest BCUT2D eigenvalue weighted by atomic mass is 32.1. The number of aliphatic hydroxyl groups is 1. The second kappa shape index (κ2) is 4.40. The fourth-order valence-electron chi connectivity index (χ4n) is 2.02. The fraction of sp³-hybridized carbons (Fsp3) is 0.231. The molecular formula is C13H12FN3OS. The lowest BCUT2D eigenvalue weighted by Crippen LogP contribution is -2.24. The molecule has 0 radical (unpaired) electrons. The van der Waals surface area contributed by atoms with Gasteiger partial charge < -0.3 is 5.11 Å². The number of halogens is 1. The van der Waals surface area contributed by atoms with E-state index in [9.17, 15) is 9.50 Å². The summed E-state index contributed by atoms with van der Waals surface area (Å²) in [4.78, 5) is 9.06. The zero-order valence-electron chi connectivity index (χ0n) is 10.2. The monoisotopic (exact) mass is 277 g/mol. The van der Waals surface area contributed by atoms with Crippen molar-refractivity contribution >= 4 is 16.3 Å². The average Bonchev–Trinajstić information content (AvgIpc) is 2.89. The number of nitrogens with zero attached hydrogens (tertiary/aromatic N) is 3. The van der Waals surface area contributed by atoms with Crippen LogP contribution >= 0.6 is 11.3 Å². The Morgan fingerprint density at radius 1 is 1.47 bits per heavy atom. The zero-order valence-corrected chi connectivity index (χ0v) is 11.1. The van der Waals surface area contributed by atoms with Crippen molar-refractivity contribution in [2.75, 3.05) is 0 Å². The van der Waals surface area contributed by atoms with Crippen LogP contribution in [-0.2, 0) is 12.0 Å². The third-order valence-electron chi connectivity index (χ3n) is 3.00. The van der Waals surface area contributed by atoms with E-state index in [1.807, 2.05) is 22.2 Å². The summed E-state index contributed by atoms with van der Waals surface area (Å²) in [6, 6.07) is 1.30. The molecule has 1 atom stereocenters. The highest BCUT2D eigenvalue weighted by Crippen LogP contribution is 2.25. The van der Waals surface area contributed by atoms with Crippen LogP contribution in [0.1, 0.15) is 18.2 Å². The molecule has 0 amide bonds. The smallest absolute Gasteiger partial charge is 0.193 e. The lowest BCUT2D eigenvalue weighted by atomic mass is 9.92. The molecule has 0 aliphatic carbocycles. The van der Waals surface area contributed by atoms with Crippen molar-refractivity contribution in [3.63, 3.8) is 0 Å². The molecule has 3 rings (SSSR count). The summed E-state index contributed by atoms with van der Waals surface area (Å²) in [6.45, 7) is 1.64. The Morgan fingerprint density at radius 3 is 3.05 bits per heavy atom. The van der Waals surface area contributed by atoms with Gasteiger partial charge in [-0.25, -0.2) is 9.37 Å². The summed E-state index contributed by atoms with van der Waals surface area (Å²) < 4.78 is 15.1. The molecule has 6 heteroatoms. The normalized spacial score (nSPS) is 14.7. The van der Waals surface area contributed by atoms with Gasteiger partial charge >= 0.3 is 0 Å². The number of fused-ring (bicyclic) bond motifs is 1. The summed E-state index contributed by atoms with van der Waals surface area (Å²) in [5.41, 5.74) is 0.0176. The molecule has 3 heterocycles. The predicted molar refractivity (Wildman–Crippen MR) is 70.5 cm³/mol. The maximum atomic E-state index is 13.2. The molecule has 4 nitrogen and oxygen atoms in total. The van der Waals surface area contributed by atoms with Crippen LogP contribution in [0.15, 0.2) is 36.2 Å². The third kappa shape index (κ3) is 2.36. The molecule has 19 heavy (non-hydrogen) atoms. The van der Waals surface area contributed by atoms with Gasteiger partial charge in [-0.05, 0) is 13.0 Å². The Kier molecular flexibility index (Phi) is 2.83. The molecule has 0 fully saturated rings. The van der Waals surface area contributed by atoms with Gasteiger partial charge in [-0.3, -0.25) is 9.38 Å². The van der Waals surface area contributed by atoms with Gasteiger partial charge in [0, 0.05) is 36.0 Å². The quantitative estimate of drug-likeness (QED) is 0.799. The Balaban J connectivity index is 1.90. The molecule has 0 aliphatic heterocycles. The summed E-state index contributed by atoms with van der Waals surface area (Å²) in [5, 5.41) is 12.4. The predicted octanol–water partition coefficient (Wildman–Crippen LogP) is 2.38. The van der Waals surface area contributed by atoms with E-state index in [1.54, 1.807) is 6.92 Å². The fourth-order valence-corrected chi connectivity index (χ4v) is 2.74. The van der Waals surface area contributed by atoms with Gasteiger partial charge in [0.2, 0.25) is 0 Å². The number of thiazole rings is 1. The molecule has 0 aromatic carbocycles. The Labute approximate surface area is 113 Å². The topological polar surface area (TPSA) is 50.4 Å². The molecule has 0 bridgehead atoms. The van der Waals surface area contributed by atoms with E-state index in [0.717, 1.165) is 16.9 Å². The summed E-state index contributed by atoms with van der Waals surface area (Å²) in [7, 11) is 0. The number of imidazole rings is 1. The van der Waals surface area contributed by atoms with Crippen LogP contribution in [0.3, 0.4) is 0 Å². The molecule has 3 aromatic rings. The number of pyridine rings is 1. The second-order valence-electron chi connectivity index (χ2n) is 4.67. The summed E-state index contributed by atoms with van der Waals surface area (Å²) in [6.07, 6.45) is 6.68. The minimum Gasteiger partial charge on any atom is -0.385 e. The summed E-state index contributed by atoms with van der Waals surface area (Å²) in [5.74, 6) is -0.455. The number of hydrogen-bond donors (Lipinski definition) is 1. The van der Waals surface area contributed by atoms with E-state index in [1.165, 1.54) is 23.6 Å². The van der Waals surface area contributed by atoms with Gasteiger partial charge in [-0.15, -0.1) is 11.3 Å². The van der Waals surface area contributed by atoms with Crippen LogP contribution < -0.4 is 0 Å². The second-order valence-corrected chi connectivity index (χ2v) is 5.54. The Bertz CT molecular complexity index is 691. The standard InChI is InChI=1S/C13H12FN3OS/c1-13(18,9-4-10(14)7-15-6-9)5-11-8-17-2-3-19-12(17)16-11/h2-4,6-8,18H,5H2,1H3. The molecule has 98 valence electrons. The van der Waals surface area contributed by atoms with E-state index in [-0.39, 0.29) is 0 Å². The van der Waals surface area contributed by atoms with E-state index in [0.29, 0.717) is 12.0 Å². The molecule has 3 aromatic heterocycles. The number of hydrogen-bond acceptors (Lipinski definition) is 4. The third-order valence-corrected chi connectivity index (χ3v) is 3.77. The molecule has 0 saturated carbocycles. The lowest BCUT2D eigenvalue weighted by Gasteiger charge is -2.22. The number of aromatic nitrogens is 3. The van der Waals surface area contributed by atoms with Gasteiger partial charge in [0.1, 0.15) is 5.82 Å². The van der Waals surface area contributed by atoms with Gasteiger partial charge in [-0.2, -0.15) is 0 Å². The Morgan fingerprint density at radius 2 is 2.32 bits per heavy atom. The molecule has 0 aliphatic rings. The van der Waals surface area contributed by atoms with Crippen molar-refractivity contribution in [1.29, 1.82) is 0 Å². The van der Waals surface area contributed by atoms with Crippen LogP contribution in [0.5, 0.6) is 0 Å².